The third kappa shape index (κ3) is 3.65. The molecule has 5 nitrogen and oxygen atoms in total. The minimum absolute atomic E-state index is 0.0510. The highest BCUT2D eigenvalue weighted by Gasteiger charge is 2.07. The summed E-state index contributed by atoms with van der Waals surface area (Å²) in [6, 6.07) is 14.9. The highest BCUT2D eigenvalue weighted by atomic mass is 16.6. The van der Waals surface area contributed by atoms with E-state index in [0.717, 1.165) is 5.56 Å². The summed E-state index contributed by atoms with van der Waals surface area (Å²) >= 11 is 0. The van der Waals surface area contributed by atoms with Crippen LogP contribution in [0.4, 0.5) is 5.69 Å². The lowest BCUT2D eigenvalue weighted by Gasteiger charge is -2.04. The average molecular weight is 271 g/mol. The van der Waals surface area contributed by atoms with Crippen LogP contribution in [0.2, 0.25) is 0 Å². The Balaban J connectivity index is 1.84. The predicted molar refractivity (Wildman–Crippen MR) is 73.5 cm³/mol. The molecular weight excluding hydrogens is 258 g/mol. The van der Waals surface area contributed by atoms with Crippen LogP contribution in [-0.2, 0) is 11.2 Å². The van der Waals surface area contributed by atoms with Crippen molar-refractivity contribution in [1.29, 1.82) is 0 Å². The van der Waals surface area contributed by atoms with Crippen LogP contribution in [0.25, 0.3) is 0 Å². The zero-order valence-corrected chi connectivity index (χ0v) is 10.7. The summed E-state index contributed by atoms with van der Waals surface area (Å²) in [6.45, 7) is 0.242. The maximum absolute atomic E-state index is 11.7. The van der Waals surface area contributed by atoms with Crippen LogP contribution in [0.1, 0.15) is 15.9 Å². The molecule has 2 rings (SSSR count). The molecule has 0 aliphatic carbocycles. The maximum Gasteiger partial charge on any atom is 0.338 e. The molecule has 20 heavy (non-hydrogen) atoms. The number of carbonyl (C=O) groups excluding carboxylic acids is 1. The van der Waals surface area contributed by atoms with Crippen molar-refractivity contribution < 1.29 is 14.5 Å². The molecule has 0 saturated heterocycles. The highest BCUT2D eigenvalue weighted by Crippen LogP contribution is 2.12. The fourth-order valence-corrected chi connectivity index (χ4v) is 1.70. The molecule has 2 aromatic rings. The molecule has 102 valence electrons. The van der Waals surface area contributed by atoms with E-state index in [0.29, 0.717) is 12.0 Å². The lowest BCUT2D eigenvalue weighted by Crippen LogP contribution is -2.07. The third-order valence-electron chi connectivity index (χ3n) is 2.78. The second-order valence-corrected chi connectivity index (χ2v) is 4.18. The van der Waals surface area contributed by atoms with Crippen molar-refractivity contribution in [3.8, 4) is 0 Å². The Kier molecular flexibility index (Phi) is 4.44. The van der Waals surface area contributed by atoms with Crippen molar-refractivity contribution >= 4 is 11.7 Å². The van der Waals surface area contributed by atoms with Crippen molar-refractivity contribution in [2.75, 3.05) is 6.61 Å². The van der Waals surface area contributed by atoms with Crippen LogP contribution in [0, 0.1) is 10.1 Å². The van der Waals surface area contributed by atoms with E-state index < -0.39 is 4.92 Å². The van der Waals surface area contributed by atoms with Crippen LogP contribution in [-0.4, -0.2) is 17.5 Å². The maximum atomic E-state index is 11.7. The molecule has 2 aromatic carbocycles. The van der Waals surface area contributed by atoms with E-state index in [4.69, 9.17) is 4.74 Å². The molecule has 0 unspecified atom stereocenters. The Morgan fingerprint density at radius 2 is 1.70 bits per heavy atom. The summed E-state index contributed by atoms with van der Waals surface area (Å²) in [5.74, 6) is -0.368. The van der Waals surface area contributed by atoms with Crippen molar-refractivity contribution in [1.82, 2.24) is 0 Å². The van der Waals surface area contributed by atoms with E-state index in [-0.39, 0.29) is 18.3 Å². The van der Waals surface area contributed by atoms with Gasteiger partial charge in [0.25, 0.3) is 5.69 Å². The highest BCUT2D eigenvalue weighted by molar-refractivity contribution is 5.89. The van der Waals surface area contributed by atoms with Gasteiger partial charge in [-0.3, -0.25) is 10.1 Å². The summed E-state index contributed by atoms with van der Waals surface area (Å²) in [7, 11) is 0. The smallest absolute Gasteiger partial charge is 0.338 e. The summed E-state index contributed by atoms with van der Waals surface area (Å²) in [5, 5.41) is 10.5. The molecule has 0 saturated carbocycles. The van der Waals surface area contributed by atoms with E-state index >= 15 is 0 Å². The number of esters is 1. The molecule has 0 radical (unpaired) electrons. The minimum Gasteiger partial charge on any atom is -0.462 e. The lowest BCUT2D eigenvalue weighted by molar-refractivity contribution is -0.384. The molecular formula is C15H13NO4. The van der Waals surface area contributed by atoms with E-state index in [9.17, 15) is 14.9 Å². The topological polar surface area (TPSA) is 69.4 Å². The average Bonchev–Trinajstić information content (AvgIpc) is 2.48. The Morgan fingerprint density at radius 1 is 1.05 bits per heavy atom. The molecule has 0 spiro atoms. The number of ether oxygens (including phenoxy) is 1. The van der Waals surface area contributed by atoms with E-state index in [1.165, 1.54) is 12.1 Å². The van der Waals surface area contributed by atoms with Gasteiger partial charge in [0.15, 0.2) is 0 Å². The van der Waals surface area contributed by atoms with Crippen molar-refractivity contribution in [3.05, 3.63) is 75.8 Å². The first-order valence-electron chi connectivity index (χ1n) is 6.12. The number of non-ortho nitro benzene ring substituents is 1. The molecule has 0 fully saturated rings. The quantitative estimate of drug-likeness (QED) is 0.476. The van der Waals surface area contributed by atoms with Crippen LogP contribution in [0.3, 0.4) is 0 Å². The summed E-state index contributed by atoms with van der Waals surface area (Å²) in [5.41, 5.74) is 1.45. The first-order valence-corrected chi connectivity index (χ1v) is 6.12. The minimum atomic E-state index is -0.445. The molecule has 0 atom stereocenters. The molecule has 0 aliphatic heterocycles. The monoisotopic (exact) mass is 271 g/mol. The van der Waals surface area contributed by atoms with Gasteiger partial charge in [-0.2, -0.15) is 0 Å². The fraction of sp³-hybridized carbons (Fsp3) is 0.133. The van der Waals surface area contributed by atoms with Crippen molar-refractivity contribution in [3.63, 3.8) is 0 Å². The number of benzene rings is 2. The van der Waals surface area contributed by atoms with Crippen molar-refractivity contribution in [2.24, 2.45) is 0 Å². The van der Waals surface area contributed by atoms with Gasteiger partial charge in [-0.05, 0) is 17.7 Å². The Morgan fingerprint density at radius 3 is 2.30 bits per heavy atom. The number of hydrogen-bond acceptors (Lipinski definition) is 4. The SMILES string of the molecule is O=C(OCCc1ccc([N+](=O)[O-])cc1)c1ccccc1. The predicted octanol–water partition coefficient (Wildman–Crippen LogP) is 2.99. The van der Waals surface area contributed by atoms with Gasteiger partial charge in [-0.25, -0.2) is 4.79 Å². The molecule has 0 N–H and O–H groups in total. The molecule has 5 heteroatoms. The molecule has 0 heterocycles. The van der Waals surface area contributed by atoms with Gasteiger partial charge in [0.2, 0.25) is 0 Å². The van der Waals surface area contributed by atoms with Gasteiger partial charge in [0, 0.05) is 18.6 Å². The zero-order chi connectivity index (χ0) is 14.4. The van der Waals surface area contributed by atoms with Gasteiger partial charge in [0.1, 0.15) is 0 Å². The van der Waals surface area contributed by atoms with Crippen LogP contribution in [0.15, 0.2) is 54.6 Å². The van der Waals surface area contributed by atoms with Crippen LogP contribution < -0.4 is 0 Å². The van der Waals surface area contributed by atoms with Crippen molar-refractivity contribution in [2.45, 2.75) is 6.42 Å². The number of carbonyl (C=O) groups is 1. The van der Waals surface area contributed by atoms with E-state index in [1.54, 1.807) is 36.4 Å². The molecule has 0 amide bonds. The van der Waals surface area contributed by atoms with E-state index in [2.05, 4.69) is 0 Å². The summed E-state index contributed by atoms with van der Waals surface area (Å²) in [6.07, 6.45) is 0.524. The zero-order valence-electron chi connectivity index (χ0n) is 10.7. The van der Waals surface area contributed by atoms with Gasteiger partial charge < -0.3 is 4.74 Å². The Bertz CT molecular complexity index is 593. The van der Waals surface area contributed by atoms with Gasteiger partial charge in [-0.15, -0.1) is 0 Å². The summed E-state index contributed by atoms with van der Waals surface area (Å²) < 4.78 is 5.14. The number of nitrogens with zero attached hydrogens (tertiary/aromatic N) is 1. The normalized spacial score (nSPS) is 10.0. The second-order valence-electron chi connectivity index (χ2n) is 4.18. The van der Waals surface area contributed by atoms with Crippen LogP contribution in [0.5, 0.6) is 0 Å². The van der Waals surface area contributed by atoms with Gasteiger partial charge in [-0.1, -0.05) is 30.3 Å². The van der Waals surface area contributed by atoms with E-state index in [1.807, 2.05) is 6.07 Å². The standard InChI is InChI=1S/C15H13NO4/c17-15(13-4-2-1-3-5-13)20-11-10-12-6-8-14(9-7-12)16(18)19/h1-9H,10-11H2. The second kappa shape index (κ2) is 6.47. The Hall–Kier alpha value is -2.69. The number of hydrogen-bond donors (Lipinski definition) is 0. The lowest BCUT2D eigenvalue weighted by atomic mass is 10.1. The van der Waals surface area contributed by atoms with Gasteiger partial charge in [0.05, 0.1) is 17.1 Å². The first kappa shape index (κ1) is 13.7. The molecule has 0 aromatic heterocycles. The fourth-order valence-electron chi connectivity index (χ4n) is 1.70. The Labute approximate surface area is 116 Å². The number of rotatable bonds is 5. The van der Waals surface area contributed by atoms with Gasteiger partial charge >= 0.3 is 5.97 Å². The van der Waals surface area contributed by atoms with Crippen LogP contribution >= 0.6 is 0 Å². The largest absolute Gasteiger partial charge is 0.462 e. The molecule has 0 aliphatic rings. The number of nitro benzene ring substituents is 1. The summed E-state index contributed by atoms with van der Waals surface area (Å²) in [4.78, 5) is 21.7. The molecule has 0 bridgehead atoms. The third-order valence-corrected chi connectivity index (χ3v) is 2.78. The number of nitro groups is 1. The first-order chi connectivity index (χ1) is 9.66.